The molecule has 0 N–H and O–H groups in total. The molecular weight excluding hydrogens is 671 g/mol. The van der Waals surface area contributed by atoms with Gasteiger partial charge in [-0.3, -0.25) is 0 Å². The monoisotopic (exact) mass is 699 g/mol. The molecule has 2 nitrogen and oxygen atoms in total. The second kappa shape index (κ2) is 11.7. The number of fused-ring (bicyclic) bond motifs is 9. The van der Waals surface area contributed by atoms with E-state index in [1.165, 1.54) is 62.6 Å². The number of benzene rings is 8. The normalized spacial score (nSPS) is 11.8. The fourth-order valence-corrected chi connectivity index (χ4v) is 10.3. The van der Waals surface area contributed by atoms with Crippen molar-refractivity contribution in [1.82, 2.24) is 0 Å². The molecule has 3 aromatic heterocycles. The summed E-state index contributed by atoms with van der Waals surface area (Å²) in [5.74, 6) is 0. The number of hydrogen-bond acceptors (Lipinski definition) is 4. The Kier molecular flexibility index (Phi) is 6.63. The lowest BCUT2D eigenvalue weighted by Gasteiger charge is -2.27. The fourth-order valence-electron chi connectivity index (χ4n) is 7.93. The molecule has 0 fully saturated rings. The Balaban J connectivity index is 1.23. The van der Waals surface area contributed by atoms with E-state index < -0.39 is 0 Å². The highest BCUT2D eigenvalue weighted by molar-refractivity contribution is 7.26. The second-order valence-electron chi connectivity index (χ2n) is 13.2. The van der Waals surface area contributed by atoms with E-state index in [-0.39, 0.29) is 0 Å². The fraction of sp³-hybridized carbons (Fsp3) is 0. The molecule has 11 aromatic rings. The molecule has 0 aliphatic carbocycles. The lowest BCUT2D eigenvalue weighted by atomic mass is 9.98. The number of thiophene rings is 2. The predicted octanol–water partition coefficient (Wildman–Crippen LogP) is 15.1. The molecule has 52 heavy (non-hydrogen) atoms. The topological polar surface area (TPSA) is 16.4 Å². The van der Waals surface area contributed by atoms with Crippen LogP contribution in [0.25, 0.3) is 84.5 Å². The van der Waals surface area contributed by atoms with Crippen LogP contribution in [0.4, 0.5) is 17.1 Å². The van der Waals surface area contributed by atoms with Gasteiger partial charge in [-0.05, 0) is 82.9 Å². The summed E-state index contributed by atoms with van der Waals surface area (Å²) in [5, 5.41) is 7.33. The van der Waals surface area contributed by atoms with Crippen LogP contribution in [0, 0.1) is 0 Å². The zero-order chi connectivity index (χ0) is 34.2. The van der Waals surface area contributed by atoms with E-state index >= 15 is 0 Å². The van der Waals surface area contributed by atoms with Crippen LogP contribution in [0.15, 0.2) is 180 Å². The quantitative estimate of drug-likeness (QED) is 0.178. The molecule has 0 saturated heterocycles. The molecule has 0 amide bonds. The minimum atomic E-state index is 0.881. The van der Waals surface area contributed by atoms with E-state index in [0.717, 1.165) is 39.0 Å². The molecular formula is C48H29NOS2. The molecule has 0 aliphatic rings. The van der Waals surface area contributed by atoms with E-state index in [4.69, 9.17) is 4.42 Å². The van der Waals surface area contributed by atoms with Crippen molar-refractivity contribution < 1.29 is 4.42 Å². The number of hydrogen-bond donors (Lipinski definition) is 0. The van der Waals surface area contributed by atoms with Gasteiger partial charge in [-0.25, -0.2) is 0 Å². The van der Waals surface area contributed by atoms with Gasteiger partial charge < -0.3 is 9.32 Å². The smallest absolute Gasteiger partial charge is 0.136 e. The van der Waals surface area contributed by atoms with Crippen LogP contribution in [0.5, 0.6) is 0 Å². The molecule has 8 aromatic carbocycles. The van der Waals surface area contributed by atoms with Gasteiger partial charge in [0.05, 0.1) is 5.69 Å². The summed E-state index contributed by atoms with van der Waals surface area (Å²) >= 11 is 3.73. The summed E-state index contributed by atoms with van der Waals surface area (Å²) in [6, 6.07) is 63.7. The molecule has 0 radical (unpaired) electrons. The lowest BCUT2D eigenvalue weighted by molar-refractivity contribution is 0.669. The third-order valence-corrected chi connectivity index (χ3v) is 12.6. The summed E-state index contributed by atoms with van der Waals surface area (Å²) in [7, 11) is 0. The van der Waals surface area contributed by atoms with Gasteiger partial charge in [0.2, 0.25) is 0 Å². The first kappa shape index (κ1) is 29.5. The van der Waals surface area contributed by atoms with Gasteiger partial charge in [0.1, 0.15) is 11.2 Å². The van der Waals surface area contributed by atoms with Crippen molar-refractivity contribution in [3.05, 3.63) is 176 Å². The van der Waals surface area contributed by atoms with E-state index in [1.54, 1.807) is 0 Å². The summed E-state index contributed by atoms with van der Waals surface area (Å²) in [6.07, 6.45) is 0. The Labute approximate surface area is 308 Å². The van der Waals surface area contributed by atoms with E-state index in [0.29, 0.717) is 0 Å². The Hall–Kier alpha value is -6.20. The average molecular weight is 700 g/mol. The predicted molar refractivity (Wildman–Crippen MR) is 225 cm³/mol. The molecule has 0 aliphatic heterocycles. The van der Waals surface area contributed by atoms with Crippen molar-refractivity contribution >= 4 is 102 Å². The van der Waals surface area contributed by atoms with Crippen LogP contribution in [0.1, 0.15) is 0 Å². The summed E-state index contributed by atoms with van der Waals surface area (Å²) in [5.41, 5.74) is 9.96. The first-order chi connectivity index (χ1) is 25.8. The number of rotatable bonds is 5. The maximum absolute atomic E-state index is 6.52. The first-order valence-corrected chi connectivity index (χ1v) is 19.1. The van der Waals surface area contributed by atoms with E-state index in [9.17, 15) is 0 Å². The van der Waals surface area contributed by atoms with Gasteiger partial charge in [0, 0.05) is 62.5 Å². The van der Waals surface area contributed by atoms with Gasteiger partial charge >= 0.3 is 0 Å². The minimum Gasteiger partial charge on any atom is -0.456 e. The molecule has 0 spiro atoms. The Morgan fingerprint density at radius 3 is 1.81 bits per heavy atom. The molecule has 0 bridgehead atoms. The molecule has 11 rings (SSSR count). The zero-order valence-electron chi connectivity index (χ0n) is 27.9. The molecule has 0 saturated carbocycles. The van der Waals surface area contributed by atoms with Gasteiger partial charge in [-0.1, -0.05) is 115 Å². The van der Waals surface area contributed by atoms with Crippen LogP contribution < -0.4 is 4.90 Å². The van der Waals surface area contributed by atoms with E-state index in [2.05, 4.69) is 181 Å². The standard InChI is InChI=1S/C48H29NOS2/c1-3-12-30(13-4-1)34-18-11-19-42-46(34)39-29-32(22-26-41(39)50-42)49(33-23-27-45-38(28-33)36-16-7-9-20-43(36)51-45)40-25-24-35(31-14-5-2-6-15-31)48-47(40)37-17-8-10-21-44(37)52-48/h1-29H. The van der Waals surface area contributed by atoms with Crippen LogP contribution in [0.3, 0.4) is 0 Å². The van der Waals surface area contributed by atoms with Gasteiger partial charge in [-0.15, -0.1) is 22.7 Å². The van der Waals surface area contributed by atoms with Crippen LogP contribution in [-0.4, -0.2) is 0 Å². The first-order valence-electron chi connectivity index (χ1n) is 17.5. The van der Waals surface area contributed by atoms with E-state index in [1.807, 2.05) is 22.7 Å². The third-order valence-electron chi connectivity index (χ3n) is 10.3. The maximum Gasteiger partial charge on any atom is 0.136 e. The largest absolute Gasteiger partial charge is 0.456 e. The number of nitrogens with zero attached hydrogens (tertiary/aromatic N) is 1. The average Bonchev–Trinajstić information content (AvgIpc) is 3.90. The second-order valence-corrected chi connectivity index (χ2v) is 15.4. The SMILES string of the molecule is c1ccc(-c2ccc(N(c3ccc4sc5ccccc5c4c3)c3ccc4oc5cccc(-c6ccccc6)c5c4c3)c3c2sc2ccccc23)cc1. The summed E-state index contributed by atoms with van der Waals surface area (Å²) in [4.78, 5) is 2.46. The van der Waals surface area contributed by atoms with Crippen molar-refractivity contribution in [3.8, 4) is 22.3 Å². The maximum atomic E-state index is 6.52. The highest BCUT2D eigenvalue weighted by atomic mass is 32.1. The van der Waals surface area contributed by atoms with Gasteiger partial charge in [0.15, 0.2) is 0 Å². The Morgan fingerprint density at radius 1 is 0.385 bits per heavy atom. The Bertz CT molecular complexity index is 3130. The van der Waals surface area contributed by atoms with Crippen molar-refractivity contribution in [3.63, 3.8) is 0 Å². The number of furan rings is 1. The molecule has 3 heterocycles. The minimum absolute atomic E-state index is 0.881. The van der Waals surface area contributed by atoms with Crippen molar-refractivity contribution in [1.29, 1.82) is 0 Å². The highest BCUT2D eigenvalue weighted by Crippen LogP contribution is 2.50. The zero-order valence-corrected chi connectivity index (χ0v) is 29.5. The summed E-state index contributed by atoms with van der Waals surface area (Å²) in [6.45, 7) is 0. The molecule has 4 heteroatoms. The summed E-state index contributed by atoms with van der Waals surface area (Å²) < 4.78 is 11.7. The van der Waals surface area contributed by atoms with Crippen molar-refractivity contribution in [2.75, 3.05) is 4.90 Å². The van der Waals surface area contributed by atoms with Crippen molar-refractivity contribution in [2.45, 2.75) is 0 Å². The van der Waals surface area contributed by atoms with Crippen LogP contribution in [-0.2, 0) is 0 Å². The molecule has 244 valence electrons. The molecule has 0 unspecified atom stereocenters. The Morgan fingerprint density at radius 2 is 1.02 bits per heavy atom. The van der Waals surface area contributed by atoms with Gasteiger partial charge in [-0.2, -0.15) is 0 Å². The third kappa shape index (κ3) is 4.55. The van der Waals surface area contributed by atoms with Crippen molar-refractivity contribution in [2.24, 2.45) is 0 Å². The van der Waals surface area contributed by atoms with Gasteiger partial charge in [0.25, 0.3) is 0 Å². The van der Waals surface area contributed by atoms with Crippen LogP contribution in [0.2, 0.25) is 0 Å². The molecule has 0 atom stereocenters. The highest BCUT2D eigenvalue weighted by Gasteiger charge is 2.23. The van der Waals surface area contributed by atoms with Crippen LogP contribution >= 0.6 is 22.7 Å². The lowest BCUT2D eigenvalue weighted by Crippen LogP contribution is -2.10. The number of anilines is 3.